The first-order valence-corrected chi connectivity index (χ1v) is 8.32. The van der Waals surface area contributed by atoms with Gasteiger partial charge in [0.25, 0.3) is 5.91 Å². The number of hydrogen-bond acceptors (Lipinski definition) is 4. The van der Waals surface area contributed by atoms with Crippen molar-refractivity contribution < 1.29 is 13.2 Å². The molecule has 6 nitrogen and oxygen atoms in total. The third-order valence-corrected chi connectivity index (χ3v) is 3.00. The van der Waals surface area contributed by atoms with Crippen molar-refractivity contribution in [2.75, 3.05) is 19.3 Å². The van der Waals surface area contributed by atoms with Gasteiger partial charge in [0.1, 0.15) is 5.84 Å². The van der Waals surface area contributed by atoms with Gasteiger partial charge in [0.05, 0.1) is 11.8 Å². The highest BCUT2D eigenvalue weighted by molar-refractivity contribution is 7.89. The van der Waals surface area contributed by atoms with E-state index in [4.69, 9.17) is 0 Å². The van der Waals surface area contributed by atoms with Crippen molar-refractivity contribution in [2.45, 2.75) is 27.2 Å². The lowest BCUT2D eigenvalue weighted by molar-refractivity contribution is -0.115. The van der Waals surface area contributed by atoms with E-state index in [1.165, 1.54) is 6.20 Å². The van der Waals surface area contributed by atoms with Gasteiger partial charge in [0.2, 0.25) is 10.0 Å². The average molecular weight is 301 g/mol. The van der Waals surface area contributed by atoms with Crippen LogP contribution in [0, 0.1) is 0 Å². The quantitative estimate of drug-likeness (QED) is 0.436. The Morgan fingerprint density at radius 3 is 2.35 bits per heavy atom. The van der Waals surface area contributed by atoms with Crippen LogP contribution in [0.5, 0.6) is 0 Å². The molecule has 0 aliphatic rings. The van der Waals surface area contributed by atoms with E-state index in [1.54, 1.807) is 13.0 Å². The average Bonchev–Trinajstić information content (AvgIpc) is 2.33. The van der Waals surface area contributed by atoms with Crippen molar-refractivity contribution in [1.29, 1.82) is 0 Å². The molecule has 0 fully saturated rings. The van der Waals surface area contributed by atoms with Crippen molar-refractivity contribution >= 4 is 21.8 Å². The fourth-order valence-corrected chi connectivity index (χ4v) is 2.12. The number of likely N-dealkylation sites (N-methyl/N-ethyl adjacent to an activating group) is 1. The third kappa shape index (κ3) is 6.01. The van der Waals surface area contributed by atoms with Gasteiger partial charge in [-0.1, -0.05) is 19.6 Å². The van der Waals surface area contributed by atoms with Crippen LogP contribution in [0.25, 0.3) is 0 Å². The number of rotatable bonds is 7. The summed E-state index contributed by atoms with van der Waals surface area (Å²) in [5, 5.41) is 0. The molecule has 0 aliphatic carbocycles. The molecule has 0 saturated carbocycles. The number of allylic oxidation sites excluding steroid dienone is 1. The van der Waals surface area contributed by atoms with Crippen molar-refractivity contribution in [2.24, 2.45) is 4.99 Å². The Balaban J connectivity index is 5.49. The molecule has 1 amide bonds. The van der Waals surface area contributed by atoms with E-state index in [0.717, 1.165) is 12.7 Å². The maximum atomic E-state index is 12.0. The molecule has 0 aromatic heterocycles. The first-order chi connectivity index (χ1) is 9.30. The van der Waals surface area contributed by atoms with Crippen molar-refractivity contribution in [3.63, 3.8) is 0 Å². The van der Waals surface area contributed by atoms with Gasteiger partial charge in [-0.3, -0.25) is 4.79 Å². The zero-order valence-corrected chi connectivity index (χ0v) is 13.3. The van der Waals surface area contributed by atoms with Gasteiger partial charge in [0, 0.05) is 19.3 Å². The second-order valence-electron chi connectivity index (χ2n) is 4.12. The van der Waals surface area contributed by atoms with Crippen LogP contribution < -0.4 is 4.72 Å². The summed E-state index contributed by atoms with van der Waals surface area (Å²) in [6.07, 6.45) is 4.70. The van der Waals surface area contributed by atoms with Gasteiger partial charge >= 0.3 is 0 Å². The van der Waals surface area contributed by atoms with Crippen LogP contribution >= 0.6 is 0 Å². The van der Waals surface area contributed by atoms with Gasteiger partial charge in [0.15, 0.2) is 0 Å². The Morgan fingerprint density at radius 2 is 2.00 bits per heavy atom. The molecule has 0 saturated heterocycles. The molecule has 1 N–H and O–H groups in total. The van der Waals surface area contributed by atoms with E-state index in [9.17, 15) is 13.2 Å². The van der Waals surface area contributed by atoms with Crippen LogP contribution in [0.2, 0.25) is 0 Å². The number of hydrogen-bond donors (Lipinski definition) is 1. The van der Waals surface area contributed by atoms with E-state index >= 15 is 0 Å². The van der Waals surface area contributed by atoms with E-state index < -0.39 is 15.9 Å². The molecule has 0 radical (unpaired) electrons. The Bertz CT molecular complexity index is 507. The zero-order chi connectivity index (χ0) is 15.8. The minimum absolute atomic E-state index is 0.214. The maximum Gasteiger partial charge on any atom is 0.268 e. The second kappa shape index (κ2) is 8.52. The summed E-state index contributed by atoms with van der Waals surface area (Å²) in [6, 6.07) is 0. The van der Waals surface area contributed by atoms with Crippen molar-refractivity contribution in [3.8, 4) is 0 Å². The van der Waals surface area contributed by atoms with E-state index in [1.807, 2.05) is 23.5 Å². The number of amides is 1. The third-order valence-electron chi connectivity index (χ3n) is 2.44. The molecule has 0 aromatic rings. The molecule has 7 heteroatoms. The molecule has 0 spiro atoms. The lowest BCUT2D eigenvalue weighted by Gasteiger charge is -2.25. The summed E-state index contributed by atoms with van der Waals surface area (Å²) in [7, 11) is -3.61. The number of carbonyl (C=O) groups excluding carboxylic acids is 1. The predicted molar refractivity (Wildman–Crippen MR) is 81.9 cm³/mol. The molecule has 0 rings (SSSR count). The summed E-state index contributed by atoms with van der Waals surface area (Å²) in [5.41, 5.74) is 0.214. The predicted octanol–water partition coefficient (Wildman–Crippen LogP) is 1.28. The molecule has 20 heavy (non-hydrogen) atoms. The lowest BCUT2D eigenvalue weighted by Crippen LogP contribution is -2.40. The standard InChI is InChI=1S/C13H23N3O3S/c1-6-10-16(9-4)12(14-8-3)11(7-2)13(17)15-20(5,18)19/h7-8H,3,6,9-10H2,1-2,4-5H3,(H,15,17)/b11-7+,14-12+. The van der Waals surface area contributed by atoms with Crippen molar-refractivity contribution in [3.05, 3.63) is 24.4 Å². The Kier molecular flexibility index (Phi) is 7.83. The summed E-state index contributed by atoms with van der Waals surface area (Å²) in [5.74, 6) is -0.266. The molecule has 0 bridgehead atoms. The highest BCUT2D eigenvalue weighted by Gasteiger charge is 2.21. The number of carbonyl (C=O) groups is 1. The van der Waals surface area contributed by atoms with Gasteiger partial charge in [-0.25, -0.2) is 18.1 Å². The summed E-state index contributed by atoms with van der Waals surface area (Å²) in [4.78, 5) is 18.1. The zero-order valence-electron chi connectivity index (χ0n) is 12.5. The van der Waals surface area contributed by atoms with Crippen LogP contribution in [0.1, 0.15) is 27.2 Å². The first-order valence-electron chi connectivity index (χ1n) is 6.43. The van der Waals surface area contributed by atoms with Crippen molar-refractivity contribution in [1.82, 2.24) is 9.62 Å². The van der Waals surface area contributed by atoms with Crippen LogP contribution in [0.15, 0.2) is 29.4 Å². The van der Waals surface area contributed by atoms with Crippen LogP contribution in [0.4, 0.5) is 0 Å². The topological polar surface area (TPSA) is 78.8 Å². The van der Waals surface area contributed by atoms with Gasteiger partial charge in [-0.15, -0.1) is 0 Å². The van der Waals surface area contributed by atoms with Gasteiger partial charge in [-0.05, 0) is 20.3 Å². The largest absolute Gasteiger partial charge is 0.356 e. The fraction of sp³-hybridized carbons (Fsp3) is 0.538. The SMILES string of the molecule is C=C/N=C(\C(=C/C)C(=O)NS(C)(=O)=O)N(CC)CCC. The van der Waals surface area contributed by atoms with E-state index in [-0.39, 0.29) is 5.57 Å². The van der Waals surface area contributed by atoms with Crippen LogP contribution in [-0.2, 0) is 14.8 Å². The van der Waals surface area contributed by atoms with Gasteiger partial charge in [-0.2, -0.15) is 0 Å². The van der Waals surface area contributed by atoms with E-state index in [0.29, 0.717) is 18.9 Å². The molecular formula is C13H23N3O3S. The number of amidine groups is 1. The van der Waals surface area contributed by atoms with Gasteiger partial charge < -0.3 is 4.90 Å². The van der Waals surface area contributed by atoms with E-state index in [2.05, 4.69) is 11.6 Å². The fourth-order valence-electron chi connectivity index (χ4n) is 1.68. The lowest BCUT2D eigenvalue weighted by atomic mass is 10.2. The summed E-state index contributed by atoms with van der Waals surface area (Å²) in [6.45, 7) is 10.5. The number of aliphatic imine (C=N–C) groups is 1. The Labute approximate surface area is 121 Å². The Hall–Kier alpha value is -1.63. The maximum absolute atomic E-state index is 12.0. The molecule has 114 valence electrons. The number of sulfonamides is 1. The Morgan fingerprint density at radius 1 is 1.40 bits per heavy atom. The molecule has 0 heterocycles. The summed E-state index contributed by atoms with van der Waals surface area (Å²) >= 11 is 0. The number of nitrogens with zero attached hydrogens (tertiary/aromatic N) is 2. The van der Waals surface area contributed by atoms with Crippen LogP contribution in [-0.4, -0.2) is 44.4 Å². The minimum Gasteiger partial charge on any atom is -0.356 e. The minimum atomic E-state index is -3.61. The normalized spacial score (nSPS) is 13.0. The molecular weight excluding hydrogens is 278 g/mol. The molecule has 0 aromatic carbocycles. The second-order valence-corrected chi connectivity index (χ2v) is 5.87. The molecule has 0 atom stereocenters. The smallest absolute Gasteiger partial charge is 0.268 e. The first kappa shape index (κ1) is 18.4. The molecule has 0 aliphatic heterocycles. The monoisotopic (exact) mass is 301 g/mol. The summed E-state index contributed by atoms with van der Waals surface area (Å²) < 4.78 is 24.3. The number of nitrogens with one attached hydrogen (secondary N) is 1. The highest BCUT2D eigenvalue weighted by Crippen LogP contribution is 2.07. The van der Waals surface area contributed by atoms with Crippen LogP contribution in [0.3, 0.4) is 0 Å². The highest BCUT2D eigenvalue weighted by atomic mass is 32.2. The molecule has 0 unspecified atom stereocenters.